The van der Waals surface area contributed by atoms with E-state index in [0.29, 0.717) is 6.61 Å². The number of halogens is 2. The number of hydrogen-bond donors (Lipinski definition) is 1. The number of benzene rings is 2. The average Bonchev–Trinajstić information content (AvgIpc) is 2.89. The molecule has 0 amide bonds. The molecule has 1 heterocycles. The zero-order valence-corrected chi connectivity index (χ0v) is 11.8. The molecule has 2 nitrogen and oxygen atoms in total. The van der Waals surface area contributed by atoms with Gasteiger partial charge in [0, 0.05) is 16.5 Å². The standard InChI is InChI=1S/C15H13BrFNO/c16-13-5-4-10(17)8-12(13)14(18)11-3-1-2-9-6-7-19-15(9)11/h1-5,8,14H,6-7,18H2. The van der Waals surface area contributed by atoms with Crippen LogP contribution in [0.5, 0.6) is 5.75 Å². The van der Waals surface area contributed by atoms with E-state index in [9.17, 15) is 4.39 Å². The highest BCUT2D eigenvalue weighted by molar-refractivity contribution is 9.10. The first-order chi connectivity index (χ1) is 9.16. The van der Waals surface area contributed by atoms with Crippen LogP contribution in [0.1, 0.15) is 22.7 Å². The van der Waals surface area contributed by atoms with Gasteiger partial charge in [-0.2, -0.15) is 0 Å². The molecule has 1 unspecified atom stereocenters. The van der Waals surface area contributed by atoms with E-state index in [1.54, 1.807) is 6.07 Å². The van der Waals surface area contributed by atoms with Crippen LogP contribution in [0.4, 0.5) is 4.39 Å². The van der Waals surface area contributed by atoms with Gasteiger partial charge in [-0.25, -0.2) is 4.39 Å². The van der Waals surface area contributed by atoms with Gasteiger partial charge in [0.05, 0.1) is 12.6 Å². The molecule has 19 heavy (non-hydrogen) atoms. The Morgan fingerprint density at radius 1 is 1.21 bits per heavy atom. The third kappa shape index (κ3) is 2.26. The fourth-order valence-corrected chi connectivity index (χ4v) is 2.90. The van der Waals surface area contributed by atoms with Crippen molar-refractivity contribution in [3.8, 4) is 5.75 Å². The van der Waals surface area contributed by atoms with Crippen LogP contribution in [-0.2, 0) is 6.42 Å². The molecule has 1 aliphatic heterocycles. The molecule has 1 aliphatic rings. The van der Waals surface area contributed by atoms with Gasteiger partial charge in [-0.3, -0.25) is 0 Å². The van der Waals surface area contributed by atoms with Gasteiger partial charge in [0.1, 0.15) is 11.6 Å². The summed E-state index contributed by atoms with van der Waals surface area (Å²) in [4.78, 5) is 0. The molecular weight excluding hydrogens is 309 g/mol. The van der Waals surface area contributed by atoms with E-state index in [0.717, 1.165) is 27.8 Å². The smallest absolute Gasteiger partial charge is 0.127 e. The van der Waals surface area contributed by atoms with Crippen LogP contribution in [-0.4, -0.2) is 6.61 Å². The van der Waals surface area contributed by atoms with Crippen LogP contribution in [0.2, 0.25) is 0 Å². The van der Waals surface area contributed by atoms with Crippen LogP contribution >= 0.6 is 15.9 Å². The maximum absolute atomic E-state index is 13.4. The van der Waals surface area contributed by atoms with Crippen molar-refractivity contribution in [3.63, 3.8) is 0 Å². The second-order valence-corrected chi connectivity index (χ2v) is 5.43. The maximum atomic E-state index is 13.4. The molecule has 3 rings (SSSR count). The number of fused-ring (bicyclic) bond motifs is 1. The third-order valence-electron chi connectivity index (χ3n) is 3.37. The Hall–Kier alpha value is -1.39. The minimum Gasteiger partial charge on any atom is -0.493 e. The second kappa shape index (κ2) is 4.94. The van der Waals surface area contributed by atoms with E-state index in [-0.39, 0.29) is 5.82 Å². The molecule has 0 aromatic heterocycles. The van der Waals surface area contributed by atoms with E-state index in [2.05, 4.69) is 15.9 Å². The van der Waals surface area contributed by atoms with Crippen molar-refractivity contribution in [3.05, 3.63) is 63.4 Å². The van der Waals surface area contributed by atoms with Crippen molar-refractivity contribution in [2.45, 2.75) is 12.5 Å². The molecule has 2 aromatic carbocycles. The highest BCUT2D eigenvalue weighted by Crippen LogP contribution is 2.37. The Morgan fingerprint density at radius 3 is 2.89 bits per heavy atom. The Balaban J connectivity index is 2.07. The van der Waals surface area contributed by atoms with Gasteiger partial charge >= 0.3 is 0 Å². The Labute approximate surface area is 119 Å². The van der Waals surface area contributed by atoms with Crippen LogP contribution in [0.25, 0.3) is 0 Å². The van der Waals surface area contributed by atoms with E-state index in [4.69, 9.17) is 10.5 Å². The first-order valence-electron chi connectivity index (χ1n) is 6.12. The van der Waals surface area contributed by atoms with Crippen LogP contribution in [0.15, 0.2) is 40.9 Å². The average molecular weight is 322 g/mol. The Kier molecular flexibility index (Phi) is 3.29. The molecule has 0 fully saturated rings. The lowest BCUT2D eigenvalue weighted by molar-refractivity contribution is 0.352. The molecule has 2 N–H and O–H groups in total. The molecule has 0 radical (unpaired) electrons. The molecule has 0 bridgehead atoms. The normalized spacial score (nSPS) is 14.9. The summed E-state index contributed by atoms with van der Waals surface area (Å²) in [5.41, 5.74) is 9.08. The van der Waals surface area contributed by atoms with Crippen molar-refractivity contribution in [2.24, 2.45) is 5.73 Å². The summed E-state index contributed by atoms with van der Waals surface area (Å²) in [6, 6.07) is 10.1. The first-order valence-corrected chi connectivity index (χ1v) is 6.91. The zero-order chi connectivity index (χ0) is 13.4. The lowest BCUT2D eigenvalue weighted by Crippen LogP contribution is -2.14. The van der Waals surface area contributed by atoms with E-state index in [1.165, 1.54) is 17.7 Å². The number of rotatable bonds is 2. The number of hydrogen-bond acceptors (Lipinski definition) is 2. The van der Waals surface area contributed by atoms with Crippen molar-refractivity contribution in [1.29, 1.82) is 0 Å². The predicted octanol–water partition coefficient (Wildman–Crippen LogP) is 3.57. The summed E-state index contributed by atoms with van der Waals surface area (Å²) < 4.78 is 19.8. The molecule has 0 spiro atoms. The first kappa shape index (κ1) is 12.6. The van der Waals surface area contributed by atoms with Gasteiger partial charge in [-0.15, -0.1) is 0 Å². The molecule has 4 heteroatoms. The molecule has 1 atom stereocenters. The summed E-state index contributed by atoms with van der Waals surface area (Å²) >= 11 is 3.42. The largest absolute Gasteiger partial charge is 0.493 e. The number of para-hydroxylation sites is 1. The Bertz CT molecular complexity index is 630. The maximum Gasteiger partial charge on any atom is 0.127 e. The number of ether oxygens (including phenoxy) is 1. The molecule has 0 aliphatic carbocycles. The Morgan fingerprint density at radius 2 is 2.05 bits per heavy atom. The van der Waals surface area contributed by atoms with Gasteiger partial charge < -0.3 is 10.5 Å². The van der Waals surface area contributed by atoms with Gasteiger partial charge in [0.2, 0.25) is 0 Å². The van der Waals surface area contributed by atoms with Crippen molar-refractivity contribution >= 4 is 15.9 Å². The monoisotopic (exact) mass is 321 g/mol. The van der Waals surface area contributed by atoms with E-state index in [1.807, 2.05) is 18.2 Å². The lowest BCUT2D eigenvalue weighted by atomic mass is 9.96. The SMILES string of the molecule is NC(c1cc(F)ccc1Br)c1cccc2c1OCC2. The third-order valence-corrected chi connectivity index (χ3v) is 4.10. The molecular formula is C15H13BrFNO. The topological polar surface area (TPSA) is 35.2 Å². The highest BCUT2D eigenvalue weighted by atomic mass is 79.9. The van der Waals surface area contributed by atoms with E-state index < -0.39 is 6.04 Å². The summed E-state index contributed by atoms with van der Waals surface area (Å²) in [7, 11) is 0. The van der Waals surface area contributed by atoms with Gasteiger partial charge in [0.15, 0.2) is 0 Å². The number of nitrogens with two attached hydrogens (primary N) is 1. The van der Waals surface area contributed by atoms with Crippen LogP contribution < -0.4 is 10.5 Å². The molecule has 98 valence electrons. The van der Waals surface area contributed by atoms with Crippen molar-refractivity contribution < 1.29 is 9.13 Å². The fraction of sp³-hybridized carbons (Fsp3) is 0.200. The molecule has 2 aromatic rings. The van der Waals surface area contributed by atoms with E-state index >= 15 is 0 Å². The summed E-state index contributed by atoms with van der Waals surface area (Å²) in [5, 5.41) is 0. The van der Waals surface area contributed by atoms with Gasteiger partial charge in [0.25, 0.3) is 0 Å². The second-order valence-electron chi connectivity index (χ2n) is 4.58. The van der Waals surface area contributed by atoms with Crippen molar-refractivity contribution in [2.75, 3.05) is 6.61 Å². The summed E-state index contributed by atoms with van der Waals surface area (Å²) in [6.07, 6.45) is 0.903. The molecule has 0 saturated heterocycles. The zero-order valence-electron chi connectivity index (χ0n) is 10.2. The lowest BCUT2D eigenvalue weighted by Gasteiger charge is -2.17. The predicted molar refractivity (Wildman–Crippen MR) is 75.8 cm³/mol. The highest BCUT2D eigenvalue weighted by Gasteiger charge is 2.22. The summed E-state index contributed by atoms with van der Waals surface area (Å²) in [6.45, 7) is 0.684. The minimum atomic E-state index is -0.405. The quantitative estimate of drug-likeness (QED) is 0.917. The van der Waals surface area contributed by atoms with Gasteiger partial charge in [-0.05, 0) is 29.3 Å². The minimum absolute atomic E-state index is 0.290. The molecule has 0 saturated carbocycles. The van der Waals surface area contributed by atoms with Crippen LogP contribution in [0, 0.1) is 5.82 Å². The van der Waals surface area contributed by atoms with Crippen LogP contribution in [0.3, 0.4) is 0 Å². The van der Waals surface area contributed by atoms with Crippen molar-refractivity contribution in [1.82, 2.24) is 0 Å². The fourth-order valence-electron chi connectivity index (χ4n) is 2.41. The van der Waals surface area contributed by atoms with Gasteiger partial charge in [-0.1, -0.05) is 34.1 Å². The summed E-state index contributed by atoms with van der Waals surface area (Å²) in [5.74, 6) is 0.563.